The highest BCUT2D eigenvalue weighted by atomic mass is 16.5. The Morgan fingerprint density at radius 2 is 1.82 bits per heavy atom. The van der Waals surface area contributed by atoms with Gasteiger partial charge in [0.2, 0.25) is 5.91 Å². The second-order valence-corrected chi connectivity index (χ2v) is 7.89. The molecule has 156 valence electrons. The zero-order chi connectivity index (χ0) is 20.6. The van der Waals surface area contributed by atoms with Crippen LogP contribution in [0.25, 0.3) is 0 Å². The van der Waals surface area contributed by atoms with Gasteiger partial charge in [-0.15, -0.1) is 0 Å². The smallest absolute Gasteiger partial charge is 0.225 e. The number of nitrogens with one attached hydrogen (secondary N) is 2. The molecule has 1 aromatic rings. The van der Waals surface area contributed by atoms with Crippen molar-refractivity contribution >= 4 is 17.6 Å². The first-order chi connectivity index (χ1) is 13.4. The number of benzene rings is 1. The fourth-order valence-corrected chi connectivity index (χ4v) is 3.07. The molecule has 28 heavy (non-hydrogen) atoms. The minimum atomic E-state index is -0.372. The Morgan fingerprint density at radius 3 is 2.43 bits per heavy atom. The van der Waals surface area contributed by atoms with Gasteiger partial charge in [0.25, 0.3) is 0 Å². The highest BCUT2D eigenvalue weighted by Crippen LogP contribution is 2.28. The lowest BCUT2D eigenvalue weighted by Crippen LogP contribution is -2.52. The lowest BCUT2D eigenvalue weighted by atomic mass is 9.96. The fraction of sp³-hybridized carbons (Fsp3) is 0.619. The summed E-state index contributed by atoms with van der Waals surface area (Å²) in [5, 5.41) is 6.32. The van der Waals surface area contributed by atoms with Crippen molar-refractivity contribution in [1.82, 2.24) is 15.5 Å². The number of carbonyl (C=O) groups excluding carboxylic acids is 1. The van der Waals surface area contributed by atoms with E-state index in [1.165, 1.54) is 0 Å². The molecule has 1 fully saturated rings. The van der Waals surface area contributed by atoms with E-state index in [9.17, 15) is 4.79 Å². The Bertz CT molecular complexity index is 661. The van der Waals surface area contributed by atoms with Crippen molar-refractivity contribution in [2.45, 2.75) is 27.7 Å². The van der Waals surface area contributed by atoms with Crippen LogP contribution in [0.15, 0.2) is 29.3 Å². The van der Waals surface area contributed by atoms with Crippen molar-refractivity contribution < 1.29 is 9.53 Å². The van der Waals surface area contributed by atoms with Gasteiger partial charge in [0.15, 0.2) is 5.96 Å². The molecule has 0 aromatic heterocycles. The lowest BCUT2D eigenvalue weighted by molar-refractivity contribution is -0.128. The van der Waals surface area contributed by atoms with Gasteiger partial charge in [-0.1, -0.05) is 32.9 Å². The number of methoxy groups -OCH3 is 1. The van der Waals surface area contributed by atoms with E-state index in [2.05, 4.69) is 33.4 Å². The van der Waals surface area contributed by atoms with Crippen molar-refractivity contribution in [3.63, 3.8) is 0 Å². The number of amides is 1. The summed E-state index contributed by atoms with van der Waals surface area (Å²) >= 11 is 0. The van der Waals surface area contributed by atoms with Gasteiger partial charge in [-0.2, -0.15) is 0 Å². The van der Waals surface area contributed by atoms with E-state index in [0.29, 0.717) is 13.1 Å². The number of nitrogens with zero attached hydrogens (tertiary/aromatic N) is 3. The normalized spacial score (nSPS) is 15.4. The summed E-state index contributed by atoms with van der Waals surface area (Å²) in [5.74, 6) is 1.87. The predicted octanol–water partition coefficient (Wildman–Crippen LogP) is 1.95. The third kappa shape index (κ3) is 6.04. The first-order valence-electron chi connectivity index (χ1n) is 10.1. The van der Waals surface area contributed by atoms with E-state index < -0.39 is 0 Å². The van der Waals surface area contributed by atoms with E-state index in [4.69, 9.17) is 9.73 Å². The molecule has 0 aliphatic carbocycles. The number of guanidine groups is 1. The second-order valence-electron chi connectivity index (χ2n) is 7.89. The van der Waals surface area contributed by atoms with Gasteiger partial charge in [0.1, 0.15) is 5.75 Å². The monoisotopic (exact) mass is 389 g/mol. The number of carbonyl (C=O) groups is 1. The number of rotatable bonds is 6. The summed E-state index contributed by atoms with van der Waals surface area (Å²) < 4.78 is 5.49. The first-order valence-corrected chi connectivity index (χ1v) is 10.1. The summed E-state index contributed by atoms with van der Waals surface area (Å²) in [4.78, 5) is 21.3. The van der Waals surface area contributed by atoms with Gasteiger partial charge < -0.3 is 25.2 Å². The Kier molecular flexibility index (Phi) is 7.96. The van der Waals surface area contributed by atoms with Crippen LogP contribution in [0.1, 0.15) is 27.7 Å². The van der Waals surface area contributed by atoms with Crippen LogP contribution in [0.5, 0.6) is 5.75 Å². The number of para-hydroxylation sites is 2. The van der Waals surface area contributed by atoms with Crippen molar-refractivity contribution in [3.8, 4) is 5.75 Å². The molecule has 2 N–H and O–H groups in total. The Hall–Kier alpha value is -2.44. The van der Waals surface area contributed by atoms with Crippen molar-refractivity contribution in [3.05, 3.63) is 24.3 Å². The molecule has 1 aromatic carbocycles. The van der Waals surface area contributed by atoms with Crippen LogP contribution in [0.4, 0.5) is 5.69 Å². The first kappa shape index (κ1) is 21.9. The molecule has 0 saturated carbocycles. The topological polar surface area (TPSA) is 69.2 Å². The van der Waals surface area contributed by atoms with Gasteiger partial charge in [0.05, 0.1) is 19.3 Å². The molecule has 7 heteroatoms. The third-order valence-electron chi connectivity index (χ3n) is 4.68. The summed E-state index contributed by atoms with van der Waals surface area (Å²) in [6, 6.07) is 8.14. The Morgan fingerprint density at radius 1 is 1.14 bits per heavy atom. The predicted molar refractivity (Wildman–Crippen MR) is 115 cm³/mol. The van der Waals surface area contributed by atoms with E-state index in [1.54, 1.807) is 7.11 Å². The summed E-state index contributed by atoms with van der Waals surface area (Å²) in [7, 11) is 1.71. The maximum Gasteiger partial charge on any atom is 0.225 e. The van der Waals surface area contributed by atoms with Gasteiger partial charge >= 0.3 is 0 Å². The molecule has 0 atom stereocenters. The molecular formula is C21H35N5O2. The molecule has 1 heterocycles. The number of piperazine rings is 1. The molecule has 2 rings (SSSR count). The summed E-state index contributed by atoms with van der Waals surface area (Å²) in [6.07, 6.45) is 0. The standard InChI is InChI=1S/C21H35N5O2/c1-6-22-20(24-12-11-23-19(27)21(2,3)4)26-15-13-25(14-16-26)17-9-7-8-10-18(17)28-5/h7-10H,6,11-16H2,1-5H3,(H,22,24)(H,23,27). The zero-order valence-electron chi connectivity index (χ0n) is 17.9. The average molecular weight is 390 g/mol. The van der Waals surface area contributed by atoms with E-state index in [-0.39, 0.29) is 11.3 Å². The number of aliphatic imine (C=N–C) groups is 1. The van der Waals surface area contributed by atoms with Crippen LogP contribution in [0.2, 0.25) is 0 Å². The second kappa shape index (κ2) is 10.2. The molecule has 1 aliphatic rings. The van der Waals surface area contributed by atoms with E-state index in [1.807, 2.05) is 39.0 Å². The molecule has 7 nitrogen and oxygen atoms in total. The molecule has 1 amide bonds. The van der Waals surface area contributed by atoms with Gasteiger partial charge in [-0.25, -0.2) is 0 Å². The van der Waals surface area contributed by atoms with Crippen LogP contribution < -0.4 is 20.3 Å². The molecular weight excluding hydrogens is 354 g/mol. The van der Waals surface area contributed by atoms with Crippen molar-refractivity contribution in [2.24, 2.45) is 10.4 Å². The lowest BCUT2D eigenvalue weighted by Gasteiger charge is -2.38. The number of anilines is 1. The summed E-state index contributed by atoms with van der Waals surface area (Å²) in [5.41, 5.74) is 0.764. The van der Waals surface area contributed by atoms with Gasteiger partial charge in [-0.3, -0.25) is 9.79 Å². The van der Waals surface area contributed by atoms with E-state index in [0.717, 1.165) is 50.1 Å². The third-order valence-corrected chi connectivity index (χ3v) is 4.68. The number of hydrogen-bond donors (Lipinski definition) is 2. The molecule has 0 radical (unpaired) electrons. The SMILES string of the molecule is CCNC(=NCCNC(=O)C(C)(C)C)N1CCN(c2ccccc2OC)CC1. The minimum absolute atomic E-state index is 0.0538. The molecule has 1 saturated heterocycles. The molecule has 0 bridgehead atoms. The Balaban J connectivity index is 1.90. The average Bonchev–Trinajstić information content (AvgIpc) is 2.69. The van der Waals surface area contributed by atoms with Crippen LogP contribution in [0, 0.1) is 5.41 Å². The summed E-state index contributed by atoms with van der Waals surface area (Å²) in [6.45, 7) is 13.3. The highest BCUT2D eigenvalue weighted by molar-refractivity contribution is 5.82. The zero-order valence-corrected chi connectivity index (χ0v) is 17.9. The van der Waals surface area contributed by atoms with Crippen LogP contribution in [-0.4, -0.2) is 69.7 Å². The molecule has 0 spiro atoms. The van der Waals surface area contributed by atoms with Crippen LogP contribution in [-0.2, 0) is 4.79 Å². The number of ether oxygens (including phenoxy) is 1. The van der Waals surface area contributed by atoms with Crippen molar-refractivity contribution in [1.29, 1.82) is 0 Å². The maximum absolute atomic E-state index is 12.0. The quantitative estimate of drug-likeness (QED) is 0.442. The number of hydrogen-bond acceptors (Lipinski definition) is 4. The molecule has 0 unspecified atom stereocenters. The minimum Gasteiger partial charge on any atom is -0.495 e. The fourth-order valence-electron chi connectivity index (χ4n) is 3.07. The Labute approximate surface area is 169 Å². The largest absolute Gasteiger partial charge is 0.495 e. The van der Waals surface area contributed by atoms with Gasteiger partial charge in [-0.05, 0) is 19.1 Å². The maximum atomic E-state index is 12.0. The van der Waals surface area contributed by atoms with Crippen LogP contribution >= 0.6 is 0 Å². The van der Waals surface area contributed by atoms with E-state index >= 15 is 0 Å². The van der Waals surface area contributed by atoms with Gasteiger partial charge in [0, 0.05) is 44.7 Å². The molecule has 1 aliphatic heterocycles. The van der Waals surface area contributed by atoms with Crippen molar-refractivity contribution in [2.75, 3.05) is 57.8 Å². The highest BCUT2D eigenvalue weighted by Gasteiger charge is 2.22. The van der Waals surface area contributed by atoms with Crippen LogP contribution in [0.3, 0.4) is 0 Å².